The number of nitrogens with zero attached hydrogens (tertiary/aromatic N) is 1. The van der Waals surface area contributed by atoms with Crippen molar-refractivity contribution in [1.82, 2.24) is 15.2 Å². The van der Waals surface area contributed by atoms with Gasteiger partial charge in [-0.2, -0.15) is 0 Å². The van der Waals surface area contributed by atoms with Crippen LogP contribution in [0.15, 0.2) is 41.2 Å². The first-order chi connectivity index (χ1) is 18.5. The number of aromatic amines is 1. The molecule has 0 saturated carbocycles. The van der Waals surface area contributed by atoms with Crippen LogP contribution in [0, 0.1) is 0 Å². The minimum Gasteiger partial charge on any atom is -0.493 e. The zero-order valence-corrected chi connectivity index (χ0v) is 22.5. The summed E-state index contributed by atoms with van der Waals surface area (Å²) in [5, 5.41) is 4.84. The molecule has 0 bridgehead atoms. The first-order valence-electron chi connectivity index (χ1n) is 12.8. The minimum absolute atomic E-state index is 0.0812. The lowest BCUT2D eigenvalue weighted by Crippen LogP contribution is -2.44. The van der Waals surface area contributed by atoms with E-state index in [4.69, 9.17) is 35.9 Å². The van der Waals surface area contributed by atoms with Crippen LogP contribution in [-0.4, -0.2) is 68.2 Å². The fourth-order valence-corrected chi connectivity index (χ4v) is 5.07. The van der Waals surface area contributed by atoms with Gasteiger partial charge in [0.15, 0.2) is 28.1 Å². The van der Waals surface area contributed by atoms with Crippen LogP contribution >= 0.6 is 12.2 Å². The number of fused-ring (bicyclic) bond motifs is 2. The number of methoxy groups -OCH3 is 2. The van der Waals surface area contributed by atoms with E-state index in [0.29, 0.717) is 72.0 Å². The quantitative estimate of drug-likeness (QED) is 0.397. The Labute approximate surface area is 227 Å². The molecule has 2 aliphatic heterocycles. The number of ether oxygens (including phenoxy) is 5. The Morgan fingerprint density at radius 2 is 1.87 bits per heavy atom. The van der Waals surface area contributed by atoms with Crippen molar-refractivity contribution in [2.75, 3.05) is 47.1 Å². The molecule has 10 heteroatoms. The molecule has 5 rings (SSSR count). The molecule has 3 aromatic rings. The molecule has 2 N–H and O–H groups in total. The highest BCUT2D eigenvalue weighted by atomic mass is 32.1. The van der Waals surface area contributed by atoms with Gasteiger partial charge in [0.25, 0.3) is 5.56 Å². The van der Waals surface area contributed by atoms with Crippen LogP contribution in [0.25, 0.3) is 10.9 Å². The number of rotatable bonds is 9. The Kier molecular flexibility index (Phi) is 8.19. The molecule has 0 amide bonds. The summed E-state index contributed by atoms with van der Waals surface area (Å²) in [6.45, 7) is 3.36. The maximum atomic E-state index is 13.0. The van der Waals surface area contributed by atoms with E-state index in [1.54, 1.807) is 14.2 Å². The second-order valence-corrected chi connectivity index (χ2v) is 9.78. The largest absolute Gasteiger partial charge is 0.493 e. The summed E-state index contributed by atoms with van der Waals surface area (Å²) in [5.74, 6) is 2.72. The van der Waals surface area contributed by atoms with Gasteiger partial charge in [-0.25, -0.2) is 0 Å². The van der Waals surface area contributed by atoms with Crippen molar-refractivity contribution in [3.63, 3.8) is 0 Å². The average molecular weight is 540 g/mol. The van der Waals surface area contributed by atoms with Gasteiger partial charge < -0.3 is 38.9 Å². The zero-order valence-electron chi connectivity index (χ0n) is 21.7. The van der Waals surface area contributed by atoms with E-state index in [1.165, 1.54) is 0 Å². The van der Waals surface area contributed by atoms with Crippen LogP contribution in [0.2, 0.25) is 0 Å². The standard InChI is InChI=1S/C28H33N3O6S/c1-33-23-6-5-18(12-24(23)34-2)7-8-29-28(38)31(17-21-4-3-9-35-21)16-20-13-19-14-25-26(37-11-10-36-25)15-22(19)30-27(20)32/h5-6,12-15,21H,3-4,7-11,16-17H2,1-2H3,(H,29,38)(H,30,32)/t21-/m0/s1. The number of nitrogens with one attached hydrogen (secondary N) is 2. The number of hydrogen-bond donors (Lipinski definition) is 2. The van der Waals surface area contributed by atoms with Gasteiger partial charge in [-0.3, -0.25) is 4.79 Å². The number of hydrogen-bond acceptors (Lipinski definition) is 7. The number of H-pyrrole nitrogens is 1. The van der Waals surface area contributed by atoms with Gasteiger partial charge in [0.05, 0.1) is 32.4 Å². The SMILES string of the molecule is COc1ccc(CCNC(=S)N(Cc2cc3cc4c(cc3[nH]c2=O)OCCO4)C[C@@H]2CCCO2)cc1OC. The monoisotopic (exact) mass is 539 g/mol. The second kappa shape index (κ2) is 11.9. The minimum atomic E-state index is -0.153. The van der Waals surface area contributed by atoms with E-state index in [2.05, 4.69) is 10.3 Å². The predicted octanol–water partition coefficient (Wildman–Crippen LogP) is 3.41. The molecule has 9 nitrogen and oxygen atoms in total. The molecule has 0 radical (unpaired) electrons. The lowest BCUT2D eigenvalue weighted by Gasteiger charge is -2.28. The molecular formula is C28H33N3O6S. The van der Waals surface area contributed by atoms with Crippen molar-refractivity contribution in [1.29, 1.82) is 0 Å². The highest BCUT2D eigenvalue weighted by Crippen LogP contribution is 2.34. The van der Waals surface area contributed by atoms with Gasteiger partial charge >= 0.3 is 0 Å². The van der Waals surface area contributed by atoms with Crippen molar-refractivity contribution in [2.24, 2.45) is 0 Å². The Balaban J connectivity index is 1.30. The summed E-state index contributed by atoms with van der Waals surface area (Å²) in [6, 6.07) is 11.5. The van der Waals surface area contributed by atoms with Crippen LogP contribution in [-0.2, 0) is 17.7 Å². The molecule has 2 aliphatic rings. The summed E-state index contributed by atoms with van der Waals surface area (Å²) < 4.78 is 28.0. The molecule has 1 aromatic heterocycles. The molecule has 1 fully saturated rings. The predicted molar refractivity (Wildman–Crippen MR) is 149 cm³/mol. The topological polar surface area (TPSA) is 94.3 Å². The highest BCUT2D eigenvalue weighted by Gasteiger charge is 2.22. The van der Waals surface area contributed by atoms with E-state index in [0.717, 1.165) is 36.8 Å². The van der Waals surface area contributed by atoms with Crippen LogP contribution in [0.1, 0.15) is 24.0 Å². The third-order valence-corrected chi connectivity index (χ3v) is 7.22. The fourth-order valence-electron chi connectivity index (χ4n) is 4.83. The number of pyridine rings is 1. The smallest absolute Gasteiger partial charge is 0.253 e. The molecular weight excluding hydrogens is 506 g/mol. The summed E-state index contributed by atoms with van der Waals surface area (Å²) in [6.07, 6.45) is 2.83. The van der Waals surface area contributed by atoms with Gasteiger partial charge in [-0.05, 0) is 61.3 Å². The normalized spacial score (nSPS) is 16.3. The Bertz CT molecular complexity index is 1350. The molecule has 202 valence electrons. The lowest BCUT2D eigenvalue weighted by atomic mass is 10.1. The molecule has 1 atom stereocenters. The molecule has 3 heterocycles. The second-order valence-electron chi connectivity index (χ2n) is 9.39. The van der Waals surface area contributed by atoms with Crippen molar-refractivity contribution in [2.45, 2.75) is 31.9 Å². The average Bonchev–Trinajstić information content (AvgIpc) is 3.45. The summed E-state index contributed by atoms with van der Waals surface area (Å²) >= 11 is 5.80. The van der Waals surface area contributed by atoms with Crippen molar-refractivity contribution in [3.05, 3.63) is 57.9 Å². The lowest BCUT2D eigenvalue weighted by molar-refractivity contribution is 0.0897. The maximum absolute atomic E-state index is 13.0. The van der Waals surface area contributed by atoms with Gasteiger partial charge in [0.2, 0.25) is 0 Å². The van der Waals surface area contributed by atoms with Gasteiger partial charge in [-0.15, -0.1) is 0 Å². The number of thiocarbonyl (C=S) groups is 1. The van der Waals surface area contributed by atoms with Crippen molar-refractivity contribution >= 4 is 28.2 Å². The van der Waals surface area contributed by atoms with E-state index < -0.39 is 0 Å². The molecule has 0 spiro atoms. The van der Waals surface area contributed by atoms with Crippen LogP contribution in [0.5, 0.6) is 23.0 Å². The maximum Gasteiger partial charge on any atom is 0.253 e. The number of aromatic nitrogens is 1. The third-order valence-electron chi connectivity index (χ3n) is 6.82. The summed E-state index contributed by atoms with van der Waals surface area (Å²) in [7, 11) is 3.25. The molecule has 38 heavy (non-hydrogen) atoms. The van der Waals surface area contributed by atoms with E-state index in [-0.39, 0.29) is 11.7 Å². The van der Waals surface area contributed by atoms with Gasteiger partial charge in [0.1, 0.15) is 13.2 Å². The van der Waals surface area contributed by atoms with Crippen LogP contribution in [0.4, 0.5) is 0 Å². The Hall–Kier alpha value is -3.50. The third kappa shape index (κ3) is 5.97. The van der Waals surface area contributed by atoms with Gasteiger partial charge in [0, 0.05) is 36.7 Å². The number of benzene rings is 2. The van der Waals surface area contributed by atoms with E-state index in [9.17, 15) is 4.79 Å². The van der Waals surface area contributed by atoms with Crippen LogP contribution < -0.4 is 29.8 Å². The first kappa shape index (κ1) is 26.1. The van der Waals surface area contributed by atoms with Crippen LogP contribution in [0.3, 0.4) is 0 Å². The summed E-state index contributed by atoms with van der Waals surface area (Å²) in [4.78, 5) is 18.1. The zero-order chi connectivity index (χ0) is 26.5. The molecule has 2 aromatic carbocycles. The van der Waals surface area contributed by atoms with Gasteiger partial charge in [-0.1, -0.05) is 6.07 Å². The molecule has 0 aliphatic carbocycles. The van der Waals surface area contributed by atoms with E-state index >= 15 is 0 Å². The Morgan fingerprint density at radius 1 is 1.08 bits per heavy atom. The Morgan fingerprint density at radius 3 is 2.61 bits per heavy atom. The van der Waals surface area contributed by atoms with Crippen molar-refractivity contribution in [3.8, 4) is 23.0 Å². The first-order valence-corrected chi connectivity index (χ1v) is 13.3. The van der Waals surface area contributed by atoms with E-state index in [1.807, 2.05) is 41.3 Å². The highest BCUT2D eigenvalue weighted by molar-refractivity contribution is 7.80. The fraction of sp³-hybridized carbons (Fsp3) is 0.429. The molecule has 1 saturated heterocycles. The molecule has 0 unspecified atom stereocenters. The van der Waals surface area contributed by atoms with Crippen molar-refractivity contribution < 1.29 is 23.7 Å². The summed E-state index contributed by atoms with van der Waals surface area (Å²) in [5.41, 5.74) is 2.28.